The van der Waals surface area contributed by atoms with Gasteiger partial charge in [-0.05, 0) is 23.8 Å². The topological polar surface area (TPSA) is 74.3 Å². The summed E-state index contributed by atoms with van der Waals surface area (Å²) < 4.78 is 0. The lowest BCUT2D eigenvalue weighted by atomic mass is 10.1. The molecule has 1 aliphatic rings. The molecule has 0 atom stereocenters. The van der Waals surface area contributed by atoms with Crippen LogP contribution in [0.4, 0.5) is 0 Å². The Hall–Kier alpha value is -2.47. The molecule has 1 saturated heterocycles. The zero-order valence-corrected chi connectivity index (χ0v) is 12.2. The second-order valence-electron chi connectivity index (χ2n) is 5.37. The number of amides is 2. The third-order valence-electron chi connectivity index (χ3n) is 3.64. The second kappa shape index (κ2) is 6.53. The van der Waals surface area contributed by atoms with Gasteiger partial charge < -0.3 is 10.6 Å². The molecular weight excluding hydrogens is 280 g/mol. The molecule has 114 valence electrons. The van der Waals surface area contributed by atoms with Crippen LogP contribution in [0.1, 0.15) is 5.56 Å². The van der Waals surface area contributed by atoms with Gasteiger partial charge in [0.15, 0.2) is 0 Å². The lowest BCUT2D eigenvalue weighted by Gasteiger charge is -2.25. The molecule has 0 radical (unpaired) electrons. The van der Waals surface area contributed by atoms with Gasteiger partial charge in [-0.15, -0.1) is 0 Å². The van der Waals surface area contributed by atoms with Gasteiger partial charge >= 0.3 is 0 Å². The summed E-state index contributed by atoms with van der Waals surface area (Å²) >= 11 is 0. The Morgan fingerprint density at radius 3 is 3.14 bits per heavy atom. The minimum absolute atomic E-state index is 0.0268. The number of benzene rings is 1. The van der Waals surface area contributed by atoms with Gasteiger partial charge in [-0.25, -0.2) is 0 Å². The van der Waals surface area contributed by atoms with E-state index in [9.17, 15) is 9.59 Å². The van der Waals surface area contributed by atoms with Crippen LogP contribution in [0.2, 0.25) is 0 Å². The van der Waals surface area contributed by atoms with Crippen molar-refractivity contribution in [3.05, 3.63) is 42.1 Å². The lowest BCUT2D eigenvalue weighted by Crippen LogP contribution is -2.50. The van der Waals surface area contributed by atoms with Gasteiger partial charge in [-0.1, -0.05) is 12.1 Å². The summed E-state index contributed by atoms with van der Waals surface area (Å²) in [5.41, 5.74) is 1.97. The zero-order chi connectivity index (χ0) is 15.4. The Morgan fingerprint density at radius 2 is 2.27 bits per heavy atom. The van der Waals surface area contributed by atoms with Gasteiger partial charge in [0.05, 0.1) is 18.6 Å². The highest BCUT2D eigenvalue weighted by molar-refractivity contribution is 5.82. The number of nitrogens with zero attached hydrogens (tertiary/aromatic N) is 2. The molecule has 2 aromatic rings. The van der Waals surface area contributed by atoms with E-state index in [1.165, 1.54) is 0 Å². The summed E-state index contributed by atoms with van der Waals surface area (Å²) in [5, 5.41) is 6.69. The minimum Gasteiger partial charge on any atom is -0.354 e. The molecule has 1 aromatic heterocycles. The number of aromatic nitrogens is 1. The zero-order valence-electron chi connectivity index (χ0n) is 12.2. The molecule has 1 aliphatic heterocycles. The van der Waals surface area contributed by atoms with Crippen LogP contribution in [0.5, 0.6) is 0 Å². The number of hydrogen-bond donors (Lipinski definition) is 2. The quantitative estimate of drug-likeness (QED) is 0.850. The Balaban J connectivity index is 1.54. The third-order valence-corrected chi connectivity index (χ3v) is 3.64. The van der Waals surface area contributed by atoms with Crippen LogP contribution in [0, 0.1) is 0 Å². The highest BCUT2D eigenvalue weighted by Gasteiger charge is 2.18. The van der Waals surface area contributed by atoms with Gasteiger partial charge in [-0.2, -0.15) is 0 Å². The van der Waals surface area contributed by atoms with Crippen molar-refractivity contribution in [2.75, 3.05) is 26.2 Å². The predicted octanol–water partition coefficient (Wildman–Crippen LogP) is 0.283. The van der Waals surface area contributed by atoms with Crippen LogP contribution in [-0.2, 0) is 16.1 Å². The molecule has 0 unspecified atom stereocenters. The van der Waals surface area contributed by atoms with Crippen LogP contribution in [0.25, 0.3) is 10.9 Å². The van der Waals surface area contributed by atoms with E-state index < -0.39 is 0 Å². The maximum absolute atomic E-state index is 12.0. The van der Waals surface area contributed by atoms with Crippen molar-refractivity contribution in [1.82, 2.24) is 20.5 Å². The smallest absolute Gasteiger partial charge is 0.234 e. The first-order valence-corrected chi connectivity index (χ1v) is 7.30. The number of pyridine rings is 1. The Bertz CT molecular complexity index is 701. The molecule has 22 heavy (non-hydrogen) atoms. The van der Waals surface area contributed by atoms with Crippen molar-refractivity contribution in [1.29, 1.82) is 0 Å². The van der Waals surface area contributed by atoms with Crippen molar-refractivity contribution in [2.45, 2.75) is 6.54 Å². The van der Waals surface area contributed by atoms with Gasteiger partial charge in [0.2, 0.25) is 11.8 Å². The van der Waals surface area contributed by atoms with Crippen LogP contribution >= 0.6 is 0 Å². The number of carbonyl (C=O) groups is 2. The van der Waals surface area contributed by atoms with Crippen molar-refractivity contribution in [3.63, 3.8) is 0 Å². The summed E-state index contributed by atoms with van der Waals surface area (Å²) in [7, 11) is 0. The number of carbonyl (C=O) groups excluding carboxylic acids is 2. The molecule has 2 amide bonds. The molecule has 0 spiro atoms. The summed E-state index contributed by atoms with van der Waals surface area (Å²) in [6.07, 6.45) is 1.76. The number of piperazine rings is 1. The maximum Gasteiger partial charge on any atom is 0.234 e. The van der Waals surface area contributed by atoms with Gasteiger partial charge in [-0.3, -0.25) is 19.5 Å². The van der Waals surface area contributed by atoms with Crippen molar-refractivity contribution in [2.24, 2.45) is 0 Å². The fourth-order valence-electron chi connectivity index (χ4n) is 2.52. The molecular formula is C16H18N4O2. The Labute approximate surface area is 128 Å². The Morgan fingerprint density at radius 1 is 1.36 bits per heavy atom. The van der Waals surface area contributed by atoms with E-state index >= 15 is 0 Å². The molecule has 0 aliphatic carbocycles. The minimum atomic E-state index is -0.0685. The molecule has 6 nitrogen and oxygen atoms in total. The molecule has 0 saturated carbocycles. The molecule has 1 fully saturated rings. The molecule has 1 aromatic carbocycles. The summed E-state index contributed by atoms with van der Waals surface area (Å²) in [5.74, 6) is -0.0953. The van der Waals surface area contributed by atoms with Gasteiger partial charge in [0.1, 0.15) is 0 Å². The normalized spacial score (nSPS) is 15.5. The number of rotatable bonds is 4. The van der Waals surface area contributed by atoms with Crippen LogP contribution in [0.15, 0.2) is 36.5 Å². The van der Waals surface area contributed by atoms with E-state index in [1.807, 2.05) is 35.2 Å². The van der Waals surface area contributed by atoms with Crippen LogP contribution in [-0.4, -0.2) is 47.9 Å². The summed E-state index contributed by atoms with van der Waals surface area (Å²) in [6.45, 7) is 2.33. The molecule has 2 N–H and O–H groups in total. The first-order valence-electron chi connectivity index (χ1n) is 7.30. The van der Waals surface area contributed by atoms with Crippen molar-refractivity contribution < 1.29 is 9.59 Å². The van der Waals surface area contributed by atoms with Crippen molar-refractivity contribution >= 4 is 22.7 Å². The fraction of sp³-hybridized carbons (Fsp3) is 0.312. The lowest BCUT2D eigenvalue weighted by molar-refractivity contribution is -0.127. The molecule has 0 bridgehead atoms. The average Bonchev–Trinajstić information content (AvgIpc) is 2.53. The van der Waals surface area contributed by atoms with E-state index in [0.29, 0.717) is 19.6 Å². The fourth-order valence-corrected chi connectivity index (χ4v) is 2.52. The predicted molar refractivity (Wildman–Crippen MR) is 83.0 cm³/mol. The first kappa shape index (κ1) is 14.5. The number of hydrogen-bond acceptors (Lipinski definition) is 4. The second-order valence-corrected chi connectivity index (χ2v) is 5.37. The monoisotopic (exact) mass is 298 g/mol. The highest BCUT2D eigenvalue weighted by Crippen LogP contribution is 2.13. The number of nitrogens with one attached hydrogen (secondary N) is 2. The first-order chi connectivity index (χ1) is 10.7. The summed E-state index contributed by atoms with van der Waals surface area (Å²) in [4.78, 5) is 29.3. The van der Waals surface area contributed by atoms with Crippen LogP contribution < -0.4 is 10.6 Å². The van der Waals surface area contributed by atoms with Gasteiger partial charge in [0.25, 0.3) is 0 Å². The highest BCUT2D eigenvalue weighted by atomic mass is 16.2. The largest absolute Gasteiger partial charge is 0.354 e. The SMILES string of the molecule is O=C1CN(CC(=O)NCc2ccc3ncccc3c2)CCN1. The van der Waals surface area contributed by atoms with E-state index in [2.05, 4.69) is 15.6 Å². The van der Waals surface area contributed by atoms with Crippen molar-refractivity contribution in [3.8, 4) is 0 Å². The van der Waals surface area contributed by atoms with Gasteiger partial charge in [0, 0.05) is 31.2 Å². The molecule has 3 rings (SSSR count). The maximum atomic E-state index is 12.0. The third kappa shape index (κ3) is 3.59. The molecule has 2 heterocycles. The Kier molecular flexibility index (Phi) is 4.29. The van der Waals surface area contributed by atoms with E-state index in [1.54, 1.807) is 6.20 Å². The number of fused-ring (bicyclic) bond motifs is 1. The van der Waals surface area contributed by atoms with Crippen LogP contribution in [0.3, 0.4) is 0 Å². The van der Waals surface area contributed by atoms with E-state index in [-0.39, 0.29) is 24.9 Å². The van der Waals surface area contributed by atoms with E-state index in [4.69, 9.17) is 0 Å². The standard InChI is InChI=1S/C16H18N4O2/c21-15-10-20(7-6-18-15)11-16(22)19-9-12-3-4-14-13(8-12)2-1-5-17-14/h1-5,8H,6-7,9-11H2,(H,18,21)(H,19,22). The molecule has 6 heteroatoms. The van der Waals surface area contributed by atoms with E-state index in [0.717, 1.165) is 16.5 Å². The summed E-state index contributed by atoms with van der Waals surface area (Å²) in [6, 6.07) is 9.83. The average molecular weight is 298 g/mol.